The first-order valence-corrected chi connectivity index (χ1v) is 41.7. The molecule has 116 heavy (non-hydrogen) atoms. The number of hydrogen-bond donors (Lipinski definition) is 8. The molecular formula is C99H127N16P. The number of aliphatic imine (C=N–C) groups is 8. The summed E-state index contributed by atoms with van der Waals surface area (Å²) in [4.78, 5) is 37.9. The largest absolute Gasteiger partial charge is 0.372 e. The van der Waals surface area contributed by atoms with Crippen LogP contribution in [0, 0.1) is 55.4 Å². The Morgan fingerprint density at radius 2 is 0.655 bits per heavy atom. The van der Waals surface area contributed by atoms with E-state index < -0.39 is 7.92 Å². The van der Waals surface area contributed by atoms with Crippen molar-refractivity contribution in [3.63, 3.8) is 0 Å². The molecule has 17 heteroatoms. The molecule has 0 aliphatic carbocycles. The topological polar surface area (TPSA) is 195 Å². The minimum atomic E-state index is -0.807. The minimum Gasteiger partial charge on any atom is -0.372 e. The van der Waals surface area contributed by atoms with E-state index in [1.165, 1.54) is 60.7 Å². The number of amidine groups is 8. The summed E-state index contributed by atoms with van der Waals surface area (Å²) < 4.78 is 0. The smallest absolute Gasteiger partial charge is 0.133 e. The monoisotopic (exact) mass is 1570 g/mol. The highest BCUT2D eigenvalue weighted by Gasteiger charge is 2.22. The van der Waals surface area contributed by atoms with Gasteiger partial charge < -0.3 is 42.5 Å². The number of aryl methyl sites for hydroxylation is 8. The first-order valence-electron chi connectivity index (χ1n) is 40.4. The van der Waals surface area contributed by atoms with Crippen LogP contribution in [-0.4, -0.2) is 70.6 Å². The van der Waals surface area contributed by atoms with Crippen LogP contribution < -0.4 is 53.1 Å². The predicted molar refractivity (Wildman–Crippen MR) is 510 cm³/mol. The van der Waals surface area contributed by atoms with Crippen molar-refractivity contribution in [2.45, 2.75) is 210 Å². The van der Waals surface area contributed by atoms with E-state index in [0.717, 1.165) is 109 Å². The van der Waals surface area contributed by atoms with Crippen molar-refractivity contribution < 1.29 is 0 Å². The molecule has 0 aliphatic rings. The van der Waals surface area contributed by atoms with E-state index in [1.807, 2.05) is 72.7 Å². The zero-order valence-electron chi connectivity index (χ0n) is 73.1. The zero-order valence-corrected chi connectivity index (χ0v) is 74.0. The van der Waals surface area contributed by atoms with E-state index in [0.29, 0.717) is 44.3 Å². The van der Waals surface area contributed by atoms with Crippen LogP contribution in [0.25, 0.3) is 0 Å². The second kappa shape index (κ2) is 47.3. The summed E-state index contributed by atoms with van der Waals surface area (Å²) in [6, 6.07) is 81.0. The lowest BCUT2D eigenvalue weighted by Gasteiger charge is -2.23. The third-order valence-corrected chi connectivity index (χ3v) is 20.5. The summed E-state index contributed by atoms with van der Waals surface area (Å²) in [5.41, 5.74) is 23.7. The average molecular weight is 1570 g/mol. The molecule has 10 aromatic carbocycles. The van der Waals surface area contributed by atoms with Crippen molar-refractivity contribution in [1.29, 1.82) is 0 Å². The fourth-order valence-electron chi connectivity index (χ4n) is 12.7. The summed E-state index contributed by atoms with van der Waals surface area (Å²) in [6.45, 7) is 50.2. The van der Waals surface area contributed by atoms with Gasteiger partial charge in [0.05, 0.1) is 66.7 Å². The number of nitrogens with one attached hydrogen (secondary N) is 8. The molecule has 8 N–H and O–H groups in total. The fourth-order valence-corrected chi connectivity index (χ4v) is 15.0. The molecule has 16 nitrogen and oxygen atoms in total. The van der Waals surface area contributed by atoms with E-state index in [1.54, 1.807) is 0 Å². The molecule has 0 spiro atoms. The Labute approximate surface area is 695 Å². The number of anilines is 6. The van der Waals surface area contributed by atoms with Gasteiger partial charge in [-0.15, -0.1) is 0 Å². The van der Waals surface area contributed by atoms with E-state index in [2.05, 4.69) is 375 Å². The van der Waals surface area contributed by atoms with Crippen LogP contribution in [0.1, 0.15) is 171 Å². The maximum absolute atomic E-state index is 5.06. The van der Waals surface area contributed by atoms with Gasteiger partial charge in [0.2, 0.25) is 0 Å². The van der Waals surface area contributed by atoms with E-state index >= 15 is 0 Å². The van der Waals surface area contributed by atoms with Crippen LogP contribution in [0.3, 0.4) is 0 Å². The summed E-state index contributed by atoms with van der Waals surface area (Å²) in [7, 11) is -0.807. The van der Waals surface area contributed by atoms with E-state index in [-0.39, 0.29) is 6.04 Å². The summed E-state index contributed by atoms with van der Waals surface area (Å²) in [5, 5.41) is 30.0. The maximum atomic E-state index is 5.06. The number of rotatable bonds is 23. The Morgan fingerprint density at radius 3 is 1.09 bits per heavy atom. The van der Waals surface area contributed by atoms with Crippen molar-refractivity contribution in [1.82, 2.24) is 10.6 Å². The van der Waals surface area contributed by atoms with Crippen LogP contribution in [0.4, 0.5) is 45.5 Å². The highest BCUT2D eigenvalue weighted by atomic mass is 31.1. The molecular weight excluding hydrogens is 1440 g/mol. The molecule has 0 heterocycles. The zero-order chi connectivity index (χ0) is 84.2. The SMILES string of the molecule is CC(=NC(C)C)Nc1ccccc1CN=C(C)NC(C)C.CC(=NCc1cccc(NC(=NC(C)C)P(c2ccccc2)c2ccccc2)c1)NC(C)C.CC(=Nc1c(C)cccc1C)Nc1ccc(CN=C(C)Nc2c(C)cccc2C)cc1.CC(=Nc1c(C)cccc1C)Nc1ccccc1CN=C(C)Nc1c(C)cccc1C. The molecule has 10 aromatic rings. The van der Waals surface area contributed by atoms with Crippen molar-refractivity contribution in [3.8, 4) is 0 Å². The van der Waals surface area contributed by atoms with Crippen molar-refractivity contribution >= 4 is 110 Å². The van der Waals surface area contributed by atoms with Gasteiger partial charge in [-0.3, -0.25) is 30.0 Å². The number of hydrogen-bond acceptors (Lipinski definition) is 8. The minimum absolute atomic E-state index is 0.183. The van der Waals surface area contributed by atoms with Crippen LogP contribution in [0.5, 0.6) is 0 Å². The molecule has 0 unspecified atom stereocenters. The normalized spacial score (nSPS) is 12.3. The van der Waals surface area contributed by atoms with Crippen molar-refractivity contribution in [3.05, 3.63) is 297 Å². The van der Waals surface area contributed by atoms with Gasteiger partial charge >= 0.3 is 0 Å². The molecule has 608 valence electrons. The summed E-state index contributed by atoms with van der Waals surface area (Å²) in [5.74, 6) is 6.40. The fraction of sp³-hybridized carbons (Fsp3) is 0.313. The predicted octanol–water partition coefficient (Wildman–Crippen LogP) is 24.0. The van der Waals surface area contributed by atoms with Gasteiger partial charge in [0, 0.05) is 66.2 Å². The van der Waals surface area contributed by atoms with Gasteiger partial charge in [-0.1, -0.05) is 194 Å². The molecule has 10 rings (SSSR count). The van der Waals surface area contributed by atoms with Gasteiger partial charge in [0.1, 0.15) is 17.2 Å². The highest BCUT2D eigenvalue weighted by molar-refractivity contribution is 7.88. The lowest BCUT2D eigenvalue weighted by molar-refractivity contribution is 0.726. The molecule has 0 aromatic heterocycles. The summed E-state index contributed by atoms with van der Waals surface area (Å²) in [6.07, 6.45) is 0. The van der Waals surface area contributed by atoms with E-state index in [4.69, 9.17) is 25.0 Å². The molecule has 0 atom stereocenters. The lowest BCUT2D eigenvalue weighted by atomic mass is 10.1. The Balaban J connectivity index is 0.000000216. The molecule has 0 aliphatic heterocycles. The molecule has 0 fully saturated rings. The van der Waals surface area contributed by atoms with Crippen LogP contribution in [-0.2, 0) is 26.2 Å². The van der Waals surface area contributed by atoms with Crippen molar-refractivity contribution in [2.75, 3.05) is 31.9 Å². The third kappa shape index (κ3) is 31.6. The number of para-hydroxylation sites is 6. The van der Waals surface area contributed by atoms with E-state index in [9.17, 15) is 0 Å². The molecule has 0 radical (unpaired) electrons. The maximum Gasteiger partial charge on any atom is 0.133 e. The first-order chi connectivity index (χ1) is 55.5. The first kappa shape index (κ1) is 91.6. The van der Waals surface area contributed by atoms with Gasteiger partial charge in [-0.2, -0.15) is 0 Å². The standard InChI is InChI=1S/C28H35N4P.2C27H32N4.C17H28N4/c1-21(2)30-23(5)29-20-24-13-12-14-25(19-24)32-28(31-22(3)4)33(26-15-8-6-9-16-26)27-17-10-7-11-18-27;1-18-9-7-10-19(2)26(18)30-22(5)28-17-24-13-15-25(16-14-24)29-23(6)31-27-20(3)11-8-12-21(27)4;1-18-11-9-12-19(2)26(18)30-22(5)28-17-24-15-7-8-16-25(24)29-23(6)31-27-20(3)13-10-14-21(27)4;1-12(2)19-14(5)18-11-16-9-7-8-10-17(16)21-15(6)20-13(3)4/h6-19,21-22H,20H2,1-5H3,(H,29,30)(H,31,32);2*7-16H,17H2,1-6H3,(H,28,30)(H,29,31);7-10,12-13H,11H2,1-6H3,(H,18,19)(H,20,21). The third-order valence-electron chi connectivity index (χ3n) is 18.2. The Hall–Kier alpha value is -11.6. The van der Waals surface area contributed by atoms with Gasteiger partial charge in [0.15, 0.2) is 0 Å². The van der Waals surface area contributed by atoms with Crippen LogP contribution >= 0.6 is 7.92 Å². The Morgan fingerprint density at radius 1 is 0.293 bits per heavy atom. The molecule has 0 saturated carbocycles. The van der Waals surface area contributed by atoms with Gasteiger partial charge in [-0.25, -0.2) is 9.98 Å². The van der Waals surface area contributed by atoms with Crippen LogP contribution in [0.15, 0.2) is 270 Å². The number of nitrogens with zero attached hydrogens (tertiary/aromatic N) is 8. The molecule has 0 bridgehead atoms. The van der Waals surface area contributed by atoms with Crippen LogP contribution in [0.2, 0.25) is 0 Å². The lowest BCUT2D eigenvalue weighted by Crippen LogP contribution is -2.27. The second-order valence-corrected chi connectivity index (χ2v) is 32.6. The quantitative estimate of drug-likeness (QED) is 0.0176. The van der Waals surface area contributed by atoms with Gasteiger partial charge in [-0.05, 0) is 273 Å². The van der Waals surface area contributed by atoms with Gasteiger partial charge in [0.25, 0.3) is 0 Å². The number of benzene rings is 10. The average Bonchev–Trinajstić information content (AvgIpc) is 0.809. The van der Waals surface area contributed by atoms with Crippen molar-refractivity contribution in [2.24, 2.45) is 39.9 Å². The second-order valence-electron chi connectivity index (χ2n) is 30.4. The molecule has 0 amide bonds. The Kier molecular flexibility index (Phi) is 37.3. The molecule has 0 saturated heterocycles. The Bertz CT molecular complexity index is 4910. The highest BCUT2D eigenvalue weighted by Crippen LogP contribution is 2.37. The summed E-state index contributed by atoms with van der Waals surface area (Å²) >= 11 is 0.